The molecular formula is C50H56F2N6O3. The molecule has 11 heteroatoms. The molecule has 0 radical (unpaired) electrons. The van der Waals surface area contributed by atoms with Gasteiger partial charge in [-0.1, -0.05) is 146 Å². The van der Waals surface area contributed by atoms with Crippen LogP contribution in [-0.4, -0.2) is 37.4 Å². The molecule has 6 rings (SSSR count). The molecule has 9 nitrogen and oxygen atoms in total. The van der Waals surface area contributed by atoms with E-state index in [-0.39, 0.29) is 55.0 Å². The molecular weight excluding hydrogens is 771 g/mol. The Morgan fingerprint density at radius 1 is 0.475 bits per heavy atom. The molecule has 0 aliphatic carbocycles. The summed E-state index contributed by atoms with van der Waals surface area (Å²) in [6.07, 6.45) is 1.92. The second kappa shape index (κ2) is 23.9. The van der Waals surface area contributed by atoms with E-state index in [9.17, 15) is 23.2 Å². The van der Waals surface area contributed by atoms with Crippen molar-refractivity contribution in [3.63, 3.8) is 0 Å². The maximum absolute atomic E-state index is 13.1. The minimum absolute atomic E-state index is 0.00276. The number of nitrogens with two attached hydrogens (primary N) is 3. The van der Waals surface area contributed by atoms with E-state index in [4.69, 9.17) is 17.2 Å². The molecule has 0 aliphatic rings. The highest BCUT2D eigenvalue weighted by molar-refractivity contribution is 5.79. The molecule has 0 aliphatic heterocycles. The van der Waals surface area contributed by atoms with Gasteiger partial charge in [0.1, 0.15) is 11.6 Å². The van der Waals surface area contributed by atoms with Crippen molar-refractivity contribution < 1.29 is 23.2 Å². The number of hydrogen-bond donors (Lipinski definition) is 6. The number of carbonyl (C=O) groups is 3. The van der Waals surface area contributed by atoms with Gasteiger partial charge in [0.2, 0.25) is 17.7 Å². The summed E-state index contributed by atoms with van der Waals surface area (Å²) >= 11 is 0. The first-order chi connectivity index (χ1) is 29.4. The van der Waals surface area contributed by atoms with Gasteiger partial charge in [0.15, 0.2) is 0 Å². The van der Waals surface area contributed by atoms with Crippen LogP contribution in [0.5, 0.6) is 0 Å². The van der Waals surface area contributed by atoms with Gasteiger partial charge in [0, 0.05) is 0 Å². The number of benzene rings is 6. The van der Waals surface area contributed by atoms with E-state index in [0.717, 1.165) is 35.1 Å². The molecule has 0 aromatic heterocycles. The van der Waals surface area contributed by atoms with Crippen molar-refractivity contribution >= 4 is 17.7 Å². The predicted molar refractivity (Wildman–Crippen MR) is 239 cm³/mol. The van der Waals surface area contributed by atoms with E-state index in [1.807, 2.05) is 111 Å². The van der Waals surface area contributed by atoms with Crippen LogP contribution in [0.3, 0.4) is 0 Å². The average Bonchev–Trinajstić information content (AvgIpc) is 3.28. The Labute approximate surface area is 357 Å². The van der Waals surface area contributed by atoms with Gasteiger partial charge in [-0.15, -0.1) is 0 Å². The standard InChI is InChI=1S/C17H18F2N2O.C17H20N2O.C16H18N2O/c1-17(21-16(22)11-20,13-4-8-15(19)9-5-13)10-12-2-6-14(18)7-3-12;1-17(19-16(20)13-18,15-10-6-3-7-11-15)12-14-8-4-2-5-9-14;17-12-16(19)18-15(14-9-5-2-6-10-14)11-13-7-3-1-4-8-13/h2-9H,10-11,20H2,1H3,(H,21,22);2-11H,12-13,18H2,1H3,(H,19,20);1-10,15H,11-12,17H2,(H,18,19). The summed E-state index contributed by atoms with van der Waals surface area (Å²) in [7, 11) is 0. The molecule has 3 unspecified atom stereocenters. The Bertz CT molecular complexity index is 2220. The van der Waals surface area contributed by atoms with Gasteiger partial charge in [0.05, 0.1) is 36.8 Å². The first-order valence-electron chi connectivity index (χ1n) is 20.1. The number of hydrogen-bond acceptors (Lipinski definition) is 6. The van der Waals surface area contributed by atoms with Crippen LogP contribution in [0.1, 0.15) is 53.3 Å². The van der Waals surface area contributed by atoms with Crippen LogP contribution >= 0.6 is 0 Å². The Hall–Kier alpha value is -6.53. The summed E-state index contributed by atoms with van der Waals surface area (Å²) < 4.78 is 26.1. The van der Waals surface area contributed by atoms with Gasteiger partial charge in [-0.2, -0.15) is 0 Å². The fourth-order valence-electron chi connectivity index (χ4n) is 6.83. The second-order valence-electron chi connectivity index (χ2n) is 14.9. The lowest BCUT2D eigenvalue weighted by Gasteiger charge is -2.32. The van der Waals surface area contributed by atoms with Gasteiger partial charge < -0.3 is 33.2 Å². The van der Waals surface area contributed by atoms with Gasteiger partial charge in [-0.3, -0.25) is 14.4 Å². The Morgan fingerprint density at radius 2 is 0.836 bits per heavy atom. The van der Waals surface area contributed by atoms with E-state index in [1.54, 1.807) is 24.3 Å². The summed E-state index contributed by atoms with van der Waals surface area (Å²) in [5.74, 6) is -1.26. The van der Waals surface area contributed by atoms with Crippen LogP contribution in [0.15, 0.2) is 170 Å². The van der Waals surface area contributed by atoms with Crippen molar-refractivity contribution in [2.24, 2.45) is 17.2 Å². The van der Waals surface area contributed by atoms with Crippen molar-refractivity contribution in [1.29, 1.82) is 0 Å². The summed E-state index contributed by atoms with van der Waals surface area (Å²) in [4.78, 5) is 35.0. The lowest BCUT2D eigenvalue weighted by atomic mass is 9.85. The van der Waals surface area contributed by atoms with Crippen LogP contribution in [-0.2, 0) is 44.7 Å². The highest BCUT2D eigenvalue weighted by atomic mass is 19.1. The lowest BCUT2D eigenvalue weighted by molar-refractivity contribution is -0.122. The summed E-state index contributed by atoms with van der Waals surface area (Å²) in [6, 6.07) is 52.1. The van der Waals surface area contributed by atoms with Crippen LogP contribution < -0.4 is 33.2 Å². The molecule has 3 atom stereocenters. The molecule has 0 spiro atoms. The molecule has 61 heavy (non-hydrogen) atoms. The van der Waals surface area contributed by atoms with E-state index >= 15 is 0 Å². The SMILES string of the molecule is CC(Cc1ccc(F)cc1)(NC(=O)CN)c1ccc(F)cc1.CC(Cc1ccccc1)(NC(=O)CN)c1ccccc1.NCC(=O)NC(Cc1ccccc1)c1ccccc1. The molecule has 0 fully saturated rings. The Balaban J connectivity index is 0.000000202. The highest BCUT2D eigenvalue weighted by Gasteiger charge is 2.30. The monoisotopic (exact) mass is 826 g/mol. The van der Waals surface area contributed by atoms with Gasteiger partial charge >= 0.3 is 0 Å². The van der Waals surface area contributed by atoms with Crippen molar-refractivity contribution in [3.05, 3.63) is 215 Å². The molecule has 6 aromatic carbocycles. The van der Waals surface area contributed by atoms with Gasteiger partial charge in [-0.25, -0.2) is 8.78 Å². The summed E-state index contributed by atoms with van der Waals surface area (Å²) in [6.45, 7) is 3.73. The zero-order valence-electron chi connectivity index (χ0n) is 34.7. The zero-order valence-corrected chi connectivity index (χ0v) is 34.7. The third-order valence-electron chi connectivity index (χ3n) is 9.97. The van der Waals surface area contributed by atoms with Gasteiger partial charge in [0.25, 0.3) is 0 Å². The van der Waals surface area contributed by atoms with Crippen molar-refractivity contribution in [3.8, 4) is 0 Å². The number of rotatable bonds is 15. The predicted octanol–water partition coefficient (Wildman–Crippen LogP) is 6.76. The van der Waals surface area contributed by atoms with Crippen LogP contribution in [0.25, 0.3) is 0 Å². The van der Waals surface area contributed by atoms with E-state index < -0.39 is 11.1 Å². The smallest absolute Gasteiger partial charge is 0.234 e. The maximum atomic E-state index is 13.1. The minimum Gasteiger partial charge on any atom is -0.348 e. The Kier molecular flexibility index (Phi) is 18.5. The second-order valence-corrected chi connectivity index (χ2v) is 14.9. The fourth-order valence-corrected chi connectivity index (χ4v) is 6.83. The number of carbonyl (C=O) groups excluding carboxylic acids is 3. The highest BCUT2D eigenvalue weighted by Crippen LogP contribution is 2.27. The normalized spacial score (nSPS) is 13.0. The third-order valence-corrected chi connectivity index (χ3v) is 9.97. The molecule has 0 heterocycles. The zero-order chi connectivity index (χ0) is 44.1. The Morgan fingerprint density at radius 3 is 1.28 bits per heavy atom. The molecule has 0 bridgehead atoms. The number of halogens is 2. The first kappa shape index (κ1) is 47.2. The third kappa shape index (κ3) is 15.5. The quantitative estimate of drug-likeness (QED) is 0.0670. The molecule has 0 saturated heterocycles. The van der Waals surface area contributed by atoms with Crippen LogP contribution in [0, 0.1) is 11.6 Å². The first-order valence-corrected chi connectivity index (χ1v) is 20.1. The fraction of sp³-hybridized carbons (Fsp3) is 0.220. The molecule has 9 N–H and O–H groups in total. The lowest BCUT2D eigenvalue weighted by Crippen LogP contribution is -2.47. The summed E-state index contributed by atoms with van der Waals surface area (Å²) in [5, 5.41) is 8.87. The van der Waals surface area contributed by atoms with E-state index in [2.05, 4.69) is 40.2 Å². The van der Waals surface area contributed by atoms with E-state index in [0.29, 0.717) is 6.42 Å². The van der Waals surface area contributed by atoms with Crippen molar-refractivity contribution in [2.45, 2.75) is 50.2 Å². The number of nitrogens with one attached hydrogen (secondary N) is 3. The number of amides is 3. The van der Waals surface area contributed by atoms with E-state index in [1.165, 1.54) is 35.4 Å². The average molecular weight is 827 g/mol. The largest absolute Gasteiger partial charge is 0.348 e. The van der Waals surface area contributed by atoms with Crippen LogP contribution in [0.4, 0.5) is 8.78 Å². The van der Waals surface area contributed by atoms with Crippen LogP contribution in [0.2, 0.25) is 0 Å². The summed E-state index contributed by atoms with van der Waals surface area (Å²) in [5.41, 5.74) is 21.1. The molecule has 0 saturated carbocycles. The van der Waals surface area contributed by atoms with Crippen molar-refractivity contribution in [1.82, 2.24) is 16.0 Å². The maximum Gasteiger partial charge on any atom is 0.234 e. The topological polar surface area (TPSA) is 165 Å². The molecule has 3 amide bonds. The molecule has 6 aromatic rings. The minimum atomic E-state index is -0.762. The van der Waals surface area contributed by atoms with Gasteiger partial charge in [-0.05, 0) is 90.8 Å². The molecule has 318 valence electrons. The van der Waals surface area contributed by atoms with Crippen molar-refractivity contribution in [2.75, 3.05) is 19.6 Å².